The molecule has 1 atom stereocenters. The molecule has 0 aliphatic carbocycles. The maximum atomic E-state index is 11.6. The Labute approximate surface area is 107 Å². The number of hydrogen-bond donors (Lipinski definition) is 3. The molecule has 1 amide bonds. The molecular weight excluding hydrogens is 228 g/mol. The van der Waals surface area contributed by atoms with Crippen molar-refractivity contribution in [3.05, 3.63) is 23.8 Å². The number of anilines is 2. The van der Waals surface area contributed by atoms with E-state index in [1.165, 1.54) is 0 Å². The molecular formula is C13H20N4O. The van der Waals surface area contributed by atoms with Crippen LogP contribution in [0.15, 0.2) is 18.2 Å². The lowest BCUT2D eigenvalue weighted by atomic mass is 10.1. The number of nitrogens with zero attached hydrogens (tertiary/aromatic N) is 1. The number of carbonyl (C=O) groups excluding carboxylic acids is 1. The maximum absolute atomic E-state index is 11.6. The second-order valence-electron chi connectivity index (χ2n) is 4.77. The number of nitrogen functional groups attached to an aromatic ring is 1. The van der Waals surface area contributed by atoms with Crippen molar-refractivity contribution < 1.29 is 4.79 Å². The summed E-state index contributed by atoms with van der Waals surface area (Å²) < 4.78 is 0. The zero-order valence-electron chi connectivity index (χ0n) is 10.9. The molecule has 0 aromatic heterocycles. The van der Waals surface area contributed by atoms with Crippen LogP contribution in [0.4, 0.5) is 11.4 Å². The van der Waals surface area contributed by atoms with E-state index >= 15 is 0 Å². The molecule has 2 rings (SSSR count). The van der Waals surface area contributed by atoms with E-state index in [-0.39, 0.29) is 5.91 Å². The third kappa shape index (κ3) is 2.73. The summed E-state index contributed by atoms with van der Waals surface area (Å²) in [6.07, 6.45) is 1.10. The van der Waals surface area contributed by atoms with Gasteiger partial charge in [-0.1, -0.05) is 0 Å². The molecule has 1 aromatic rings. The molecule has 0 saturated carbocycles. The third-order valence-corrected chi connectivity index (χ3v) is 3.29. The number of amides is 1. The van der Waals surface area contributed by atoms with Crippen LogP contribution in [0.1, 0.15) is 16.8 Å². The van der Waals surface area contributed by atoms with Gasteiger partial charge in [-0.3, -0.25) is 4.79 Å². The van der Waals surface area contributed by atoms with Crippen LogP contribution in [0.25, 0.3) is 0 Å². The van der Waals surface area contributed by atoms with Crippen molar-refractivity contribution >= 4 is 17.3 Å². The Bertz CT molecular complexity index is 447. The molecule has 1 aliphatic rings. The van der Waals surface area contributed by atoms with Crippen LogP contribution in [0.3, 0.4) is 0 Å². The lowest BCUT2D eigenvalue weighted by Gasteiger charge is -2.16. The summed E-state index contributed by atoms with van der Waals surface area (Å²) in [7, 11) is 3.73. The van der Waals surface area contributed by atoms with Gasteiger partial charge in [-0.2, -0.15) is 0 Å². The van der Waals surface area contributed by atoms with Crippen molar-refractivity contribution in [2.24, 2.45) is 0 Å². The lowest BCUT2D eigenvalue weighted by Crippen LogP contribution is -2.24. The number of likely N-dealkylation sites (tertiary alicyclic amines) is 1. The molecule has 1 saturated heterocycles. The summed E-state index contributed by atoms with van der Waals surface area (Å²) in [6, 6.07) is 5.72. The number of nitrogens with one attached hydrogen (secondary N) is 2. The van der Waals surface area contributed by atoms with E-state index < -0.39 is 0 Å². The highest BCUT2D eigenvalue weighted by Crippen LogP contribution is 2.23. The Hall–Kier alpha value is -1.75. The van der Waals surface area contributed by atoms with Crippen molar-refractivity contribution in [3.8, 4) is 0 Å². The van der Waals surface area contributed by atoms with Gasteiger partial charge in [-0.25, -0.2) is 0 Å². The quantitative estimate of drug-likeness (QED) is 0.690. The number of benzene rings is 1. The van der Waals surface area contributed by atoms with Crippen molar-refractivity contribution in [3.63, 3.8) is 0 Å². The fourth-order valence-electron chi connectivity index (χ4n) is 2.24. The summed E-state index contributed by atoms with van der Waals surface area (Å²) >= 11 is 0. The normalized spacial score (nSPS) is 19.8. The lowest BCUT2D eigenvalue weighted by molar-refractivity contribution is 0.0963. The first-order valence-electron chi connectivity index (χ1n) is 6.17. The van der Waals surface area contributed by atoms with Gasteiger partial charge < -0.3 is 21.3 Å². The Morgan fingerprint density at radius 2 is 2.28 bits per heavy atom. The highest BCUT2D eigenvalue weighted by Gasteiger charge is 2.20. The molecule has 4 N–H and O–H groups in total. The van der Waals surface area contributed by atoms with Crippen molar-refractivity contribution in [2.75, 3.05) is 38.2 Å². The molecule has 5 heteroatoms. The van der Waals surface area contributed by atoms with Crippen LogP contribution >= 0.6 is 0 Å². The van der Waals surface area contributed by atoms with Gasteiger partial charge in [-0.05, 0) is 38.2 Å². The largest absolute Gasteiger partial charge is 0.397 e. The molecule has 1 aliphatic heterocycles. The number of carbonyl (C=O) groups is 1. The average Bonchev–Trinajstić information content (AvgIpc) is 2.76. The molecule has 5 nitrogen and oxygen atoms in total. The summed E-state index contributed by atoms with van der Waals surface area (Å²) in [4.78, 5) is 13.9. The molecule has 18 heavy (non-hydrogen) atoms. The molecule has 0 radical (unpaired) electrons. The van der Waals surface area contributed by atoms with Crippen LogP contribution in [0, 0.1) is 0 Å². The van der Waals surface area contributed by atoms with Gasteiger partial charge in [-0.15, -0.1) is 0 Å². The van der Waals surface area contributed by atoms with Crippen molar-refractivity contribution in [1.82, 2.24) is 10.2 Å². The molecule has 98 valence electrons. The van der Waals surface area contributed by atoms with Crippen LogP contribution in [-0.2, 0) is 0 Å². The SMILES string of the molecule is CNC(=O)c1ccc(N)c(NC2CCN(C)C2)c1. The standard InChI is InChI=1S/C13H20N4O/c1-15-13(18)9-3-4-11(14)12(7-9)16-10-5-6-17(2)8-10/h3-4,7,10,16H,5-6,8,14H2,1-2H3,(H,15,18). The number of likely N-dealkylation sites (N-methyl/N-ethyl adjacent to an activating group) is 1. The van der Waals surface area contributed by atoms with E-state index in [2.05, 4.69) is 22.6 Å². The fourth-order valence-corrected chi connectivity index (χ4v) is 2.24. The fraction of sp³-hybridized carbons (Fsp3) is 0.462. The number of hydrogen-bond acceptors (Lipinski definition) is 4. The van der Waals surface area contributed by atoms with Gasteiger partial charge in [0.2, 0.25) is 0 Å². The zero-order valence-corrected chi connectivity index (χ0v) is 10.9. The molecule has 1 fully saturated rings. The zero-order chi connectivity index (χ0) is 13.1. The van der Waals surface area contributed by atoms with Gasteiger partial charge in [0.15, 0.2) is 0 Å². The Morgan fingerprint density at radius 3 is 2.89 bits per heavy atom. The minimum atomic E-state index is -0.0958. The summed E-state index contributed by atoms with van der Waals surface area (Å²) in [6.45, 7) is 2.09. The molecule has 1 aromatic carbocycles. The first kappa shape index (κ1) is 12.7. The molecule has 1 unspecified atom stereocenters. The van der Waals surface area contributed by atoms with Crippen LogP contribution in [0.5, 0.6) is 0 Å². The summed E-state index contributed by atoms with van der Waals surface area (Å²) in [5.74, 6) is -0.0958. The van der Waals surface area contributed by atoms with E-state index in [9.17, 15) is 4.79 Å². The molecule has 0 spiro atoms. The van der Waals surface area contributed by atoms with E-state index in [0.29, 0.717) is 17.3 Å². The average molecular weight is 248 g/mol. The topological polar surface area (TPSA) is 70.4 Å². The Morgan fingerprint density at radius 1 is 1.50 bits per heavy atom. The minimum absolute atomic E-state index is 0.0958. The van der Waals surface area contributed by atoms with Crippen LogP contribution in [-0.4, -0.2) is 44.0 Å². The van der Waals surface area contributed by atoms with E-state index in [1.54, 1.807) is 19.2 Å². The highest BCUT2D eigenvalue weighted by molar-refractivity contribution is 5.96. The molecule has 0 bridgehead atoms. The van der Waals surface area contributed by atoms with Gasteiger partial charge in [0.25, 0.3) is 5.91 Å². The van der Waals surface area contributed by atoms with Crippen molar-refractivity contribution in [2.45, 2.75) is 12.5 Å². The van der Waals surface area contributed by atoms with Crippen LogP contribution < -0.4 is 16.4 Å². The van der Waals surface area contributed by atoms with Gasteiger partial charge in [0, 0.05) is 25.2 Å². The first-order valence-corrected chi connectivity index (χ1v) is 6.17. The Balaban J connectivity index is 2.13. The monoisotopic (exact) mass is 248 g/mol. The van der Waals surface area contributed by atoms with Gasteiger partial charge in [0.05, 0.1) is 11.4 Å². The van der Waals surface area contributed by atoms with Crippen molar-refractivity contribution in [1.29, 1.82) is 0 Å². The molecule has 1 heterocycles. The second-order valence-corrected chi connectivity index (χ2v) is 4.77. The Kier molecular flexibility index (Phi) is 3.72. The summed E-state index contributed by atoms with van der Waals surface area (Å²) in [5, 5.41) is 6.03. The van der Waals surface area contributed by atoms with E-state index in [4.69, 9.17) is 5.73 Å². The van der Waals surface area contributed by atoms with Crippen LogP contribution in [0.2, 0.25) is 0 Å². The predicted molar refractivity (Wildman–Crippen MR) is 73.8 cm³/mol. The number of rotatable bonds is 3. The second kappa shape index (κ2) is 5.27. The smallest absolute Gasteiger partial charge is 0.251 e. The van der Waals surface area contributed by atoms with E-state index in [1.807, 2.05) is 6.07 Å². The minimum Gasteiger partial charge on any atom is -0.397 e. The number of nitrogens with two attached hydrogens (primary N) is 1. The summed E-state index contributed by atoms with van der Waals surface area (Å²) in [5.41, 5.74) is 8.08. The third-order valence-electron chi connectivity index (χ3n) is 3.29. The van der Waals surface area contributed by atoms with E-state index in [0.717, 1.165) is 25.2 Å². The predicted octanol–water partition coefficient (Wildman–Crippen LogP) is 0.744. The van der Waals surface area contributed by atoms with Gasteiger partial charge in [0.1, 0.15) is 0 Å². The highest BCUT2D eigenvalue weighted by atomic mass is 16.1. The maximum Gasteiger partial charge on any atom is 0.251 e. The van der Waals surface area contributed by atoms with Gasteiger partial charge >= 0.3 is 0 Å². The first-order chi connectivity index (χ1) is 8.60.